The van der Waals surface area contributed by atoms with E-state index in [0.29, 0.717) is 57.2 Å². The van der Waals surface area contributed by atoms with Gasteiger partial charge in [0, 0.05) is 24.7 Å². The molecule has 0 saturated heterocycles. The van der Waals surface area contributed by atoms with E-state index in [1.807, 2.05) is 44.2 Å². The third-order valence-electron chi connectivity index (χ3n) is 3.25. The maximum atomic E-state index is 5.50. The number of nitrogens with zero attached hydrogens (tertiary/aromatic N) is 3. The summed E-state index contributed by atoms with van der Waals surface area (Å²) < 4.78 is 10.7. The number of aromatic nitrogens is 3. The van der Waals surface area contributed by atoms with Crippen LogP contribution in [0.5, 0.6) is 0 Å². The zero-order chi connectivity index (χ0) is 18.6. The number of nitrogens with two attached hydrogens (primary N) is 1. The van der Waals surface area contributed by atoms with Crippen LogP contribution in [0.25, 0.3) is 11.4 Å². The van der Waals surface area contributed by atoms with Gasteiger partial charge in [-0.15, -0.1) is 0 Å². The predicted molar refractivity (Wildman–Crippen MR) is 103 cm³/mol. The number of anilines is 2. The van der Waals surface area contributed by atoms with Crippen molar-refractivity contribution >= 4 is 11.9 Å². The van der Waals surface area contributed by atoms with E-state index >= 15 is 0 Å². The van der Waals surface area contributed by atoms with Crippen molar-refractivity contribution < 1.29 is 9.47 Å². The zero-order valence-electron chi connectivity index (χ0n) is 15.4. The van der Waals surface area contributed by atoms with Crippen molar-refractivity contribution in [3.8, 4) is 11.4 Å². The maximum Gasteiger partial charge on any atom is 0.228 e. The lowest BCUT2D eigenvalue weighted by Gasteiger charge is -2.12. The third kappa shape index (κ3) is 7.30. The predicted octanol–water partition coefficient (Wildman–Crippen LogP) is 1.76. The van der Waals surface area contributed by atoms with E-state index in [4.69, 9.17) is 15.2 Å². The van der Waals surface area contributed by atoms with Crippen molar-refractivity contribution in [3.05, 3.63) is 30.3 Å². The van der Waals surface area contributed by atoms with Gasteiger partial charge >= 0.3 is 0 Å². The summed E-state index contributed by atoms with van der Waals surface area (Å²) in [4.78, 5) is 13.4. The van der Waals surface area contributed by atoms with Gasteiger partial charge in [0.1, 0.15) is 0 Å². The van der Waals surface area contributed by atoms with E-state index in [9.17, 15) is 0 Å². The summed E-state index contributed by atoms with van der Waals surface area (Å²) in [7, 11) is 0. The minimum atomic E-state index is 0.228. The maximum absolute atomic E-state index is 5.50. The molecule has 0 aliphatic rings. The molecule has 0 saturated carbocycles. The minimum absolute atomic E-state index is 0.228. The minimum Gasteiger partial charge on any atom is -0.378 e. The Kier molecular flexibility index (Phi) is 8.74. The summed E-state index contributed by atoms with van der Waals surface area (Å²) in [5.41, 5.74) is 6.29. The molecule has 0 unspecified atom stereocenters. The van der Waals surface area contributed by atoms with Crippen molar-refractivity contribution in [2.24, 2.45) is 5.73 Å². The molecule has 0 atom stereocenters. The van der Waals surface area contributed by atoms with Gasteiger partial charge in [0.05, 0.1) is 26.4 Å². The SMILES string of the molecule is CC(C)Nc1nc(NCCOCCOCCN)nc(-c2ccccc2)n1. The number of hydrogen-bond acceptors (Lipinski definition) is 8. The Morgan fingerprint density at radius 2 is 1.62 bits per heavy atom. The van der Waals surface area contributed by atoms with Crippen molar-refractivity contribution in [2.75, 3.05) is 50.2 Å². The molecule has 0 aliphatic carbocycles. The van der Waals surface area contributed by atoms with Crippen molar-refractivity contribution in [1.29, 1.82) is 0 Å². The molecule has 0 aliphatic heterocycles. The normalized spacial score (nSPS) is 10.9. The Bertz CT molecular complexity index is 639. The molecule has 142 valence electrons. The highest BCUT2D eigenvalue weighted by Gasteiger charge is 2.09. The average Bonchev–Trinajstić information content (AvgIpc) is 2.64. The number of hydrogen-bond donors (Lipinski definition) is 3. The molecule has 2 rings (SSSR count). The first-order valence-electron chi connectivity index (χ1n) is 8.86. The first-order chi connectivity index (χ1) is 12.7. The first kappa shape index (κ1) is 20.0. The molecule has 0 spiro atoms. The van der Waals surface area contributed by atoms with E-state index in [0.717, 1.165) is 5.56 Å². The number of nitrogens with one attached hydrogen (secondary N) is 2. The summed E-state index contributed by atoms with van der Waals surface area (Å²) in [6.45, 7) is 7.37. The zero-order valence-corrected chi connectivity index (χ0v) is 15.4. The van der Waals surface area contributed by atoms with Gasteiger partial charge in [-0.2, -0.15) is 15.0 Å². The molecule has 8 heteroatoms. The summed E-state index contributed by atoms with van der Waals surface area (Å²) in [5, 5.41) is 6.41. The van der Waals surface area contributed by atoms with Crippen molar-refractivity contribution in [3.63, 3.8) is 0 Å². The molecule has 0 radical (unpaired) electrons. The third-order valence-corrected chi connectivity index (χ3v) is 3.25. The van der Waals surface area contributed by atoms with Crippen LogP contribution in [0.15, 0.2) is 30.3 Å². The molecule has 2 aromatic rings. The van der Waals surface area contributed by atoms with E-state index in [-0.39, 0.29) is 6.04 Å². The van der Waals surface area contributed by atoms with Gasteiger partial charge in [-0.05, 0) is 13.8 Å². The first-order valence-corrected chi connectivity index (χ1v) is 8.86. The van der Waals surface area contributed by atoms with Crippen LogP contribution in [0.2, 0.25) is 0 Å². The van der Waals surface area contributed by atoms with Crippen LogP contribution in [0.4, 0.5) is 11.9 Å². The van der Waals surface area contributed by atoms with Crippen LogP contribution in [0, 0.1) is 0 Å². The average molecular weight is 360 g/mol. The molecule has 0 bridgehead atoms. The topological polar surface area (TPSA) is 107 Å². The quantitative estimate of drug-likeness (QED) is 0.492. The fraction of sp³-hybridized carbons (Fsp3) is 0.500. The Morgan fingerprint density at radius 3 is 2.31 bits per heavy atom. The number of benzene rings is 1. The molecule has 0 amide bonds. The summed E-state index contributed by atoms with van der Waals surface area (Å²) in [5.74, 6) is 1.69. The fourth-order valence-corrected chi connectivity index (χ4v) is 2.13. The Balaban J connectivity index is 1.92. The van der Waals surface area contributed by atoms with Crippen molar-refractivity contribution in [1.82, 2.24) is 15.0 Å². The van der Waals surface area contributed by atoms with Gasteiger partial charge in [-0.3, -0.25) is 0 Å². The standard InChI is InChI=1S/C18H28N6O2/c1-14(2)21-18-23-16(15-6-4-3-5-7-15)22-17(24-18)20-9-11-26-13-12-25-10-8-19/h3-7,14H,8-13,19H2,1-2H3,(H2,20,21,22,23,24). The van der Waals surface area contributed by atoms with Gasteiger partial charge in [-0.25, -0.2) is 0 Å². The summed E-state index contributed by atoms with van der Waals surface area (Å²) >= 11 is 0. The van der Waals surface area contributed by atoms with E-state index in [2.05, 4.69) is 25.6 Å². The molecule has 1 heterocycles. The second kappa shape index (κ2) is 11.3. The molecule has 8 nitrogen and oxygen atoms in total. The number of ether oxygens (including phenoxy) is 2. The molecule has 1 aromatic heterocycles. The fourth-order valence-electron chi connectivity index (χ4n) is 2.13. The van der Waals surface area contributed by atoms with E-state index < -0.39 is 0 Å². The highest BCUT2D eigenvalue weighted by Crippen LogP contribution is 2.17. The van der Waals surface area contributed by atoms with Crippen LogP contribution in [-0.4, -0.2) is 60.5 Å². The lowest BCUT2D eigenvalue weighted by Crippen LogP contribution is -2.18. The van der Waals surface area contributed by atoms with E-state index in [1.54, 1.807) is 0 Å². The van der Waals surface area contributed by atoms with Gasteiger partial charge in [0.15, 0.2) is 5.82 Å². The van der Waals surface area contributed by atoms with Gasteiger partial charge in [-0.1, -0.05) is 30.3 Å². The Morgan fingerprint density at radius 1 is 0.923 bits per heavy atom. The highest BCUT2D eigenvalue weighted by atomic mass is 16.5. The largest absolute Gasteiger partial charge is 0.378 e. The monoisotopic (exact) mass is 360 g/mol. The molecule has 4 N–H and O–H groups in total. The molecular weight excluding hydrogens is 332 g/mol. The van der Waals surface area contributed by atoms with Gasteiger partial charge in [0.2, 0.25) is 11.9 Å². The highest BCUT2D eigenvalue weighted by molar-refractivity contribution is 5.57. The lowest BCUT2D eigenvalue weighted by atomic mass is 10.2. The molecule has 0 fully saturated rings. The van der Waals surface area contributed by atoms with E-state index in [1.165, 1.54) is 0 Å². The lowest BCUT2D eigenvalue weighted by molar-refractivity contribution is 0.0547. The summed E-state index contributed by atoms with van der Waals surface area (Å²) in [6, 6.07) is 10.1. The van der Waals surface area contributed by atoms with Crippen molar-refractivity contribution in [2.45, 2.75) is 19.9 Å². The van der Waals surface area contributed by atoms with Crippen LogP contribution in [-0.2, 0) is 9.47 Å². The molecular formula is C18H28N6O2. The molecule has 1 aromatic carbocycles. The summed E-state index contributed by atoms with van der Waals surface area (Å²) in [6.07, 6.45) is 0. The second-order valence-electron chi connectivity index (χ2n) is 5.91. The Labute approximate surface area is 154 Å². The van der Waals surface area contributed by atoms with Crippen LogP contribution >= 0.6 is 0 Å². The smallest absolute Gasteiger partial charge is 0.228 e. The number of rotatable bonds is 12. The van der Waals surface area contributed by atoms with Crippen LogP contribution < -0.4 is 16.4 Å². The van der Waals surface area contributed by atoms with Crippen LogP contribution in [0.1, 0.15) is 13.8 Å². The molecule has 26 heavy (non-hydrogen) atoms. The van der Waals surface area contributed by atoms with Crippen LogP contribution in [0.3, 0.4) is 0 Å². The van der Waals surface area contributed by atoms with Gasteiger partial charge in [0.25, 0.3) is 0 Å². The Hall–Kier alpha value is -2.29. The second-order valence-corrected chi connectivity index (χ2v) is 5.91. The van der Waals surface area contributed by atoms with Gasteiger partial charge < -0.3 is 25.8 Å².